The van der Waals surface area contributed by atoms with Crippen molar-refractivity contribution in [3.63, 3.8) is 0 Å². The predicted octanol–water partition coefficient (Wildman–Crippen LogP) is 0.846. The molecule has 0 bridgehead atoms. The molecule has 92 valence electrons. The number of sulfonamides is 1. The van der Waals surface area contributed by atoms with Gasteiger partial charge >= 0.3 is 0 Å². The summed E-state index contributed by atoms with van der Waals surface area (Å²) >= 11 is 0. The third-order valence-electron chi connectivity index (χ3n) is 2.26. The monoisotopic (exact) mass is 254 g/mol. The lowest BCUT2D eigenvalue weighted by Crippen LogP contribution is -2.39. The zero-order valence-corrected chi connectivity index (χ0v) is 10.3. The summed E-state index contributed by atoms with van der Waals surface area (Å²) in [6.45, 7) is 4.96. The normalized spacial score (nSPS) is 13.3. The molecule has 0 aliphatic heterocycles. The second-order valence-electron chi connectivity index (χ2n) is 3.39. The van der Waals surface area contributed by atoms with Gasteiger partial charge in [0.15, 0.2) is 5.03 Å². The Morgan fingerprint density at radius 3 is 2.71 bits per heavy atom. The molecule has 0 fully saturated rings. The summed E-state index contributed by atoms with van der Waals surface area (Å²) in [5.41, 5.74) is 0. The van der Waals surface area contributed by atoms with Crippen molar-refractivity contribution >= 4 is 16.3 Å². The standard InChI is InChI=1S/C11H14N2O3S/c1-3-10(2)13(8-9-14)17(15,16)11-6-4-5-7-12-11/h3-7,9-10H,1,8H2,2H3/t10-/m1/s1. The highest BCUT2D eigenvalue weighted by atomic mass is 32.2. The fourth-order valence-corrected chi connectivity index (χ4v) is 2.76. The molecule has 0 spiro atoms. The molecule has 1 aromatic heterocycles. The van der Waals surface area contributed by atoms with E-state index in [4.69, 9.17) is 0 Å². The quantitative estimate of drug-likeness (QED) is 0.557. The Bertz CT molecular complexity index is 485. The molecule has 0 saturated carbocycles. The molecule has 0 radical (unpaired) electrons. The number of aromatic nitrogens is 1. The van der Waals surface area contributed by atoms with Gasteiger partial charge in [-0.3, -0.25) is 0 Å². The molecule has 0 aromatic carbocycles. The zero-order valence-electron chi connectivity index (χ0n) is 9.48. The van der Waals surface area contributed by atoms with Crippen LogP contribution in [0.15, 0.2) is 42.1 Å². The molecular formula is C11H14N2O3S. The van der Waals surface area contributed by atoms with E-state index in [1.54, 1.807) is 19.1 Å². The molecule has 1 heterocycles. The van der Waals surface area contributed by atoms with E-state index in [9.17, 15) is 13.2 Å². The van der Waals surface area contributed by atoms with E-state index in [0.717, 1.165) is 4.31 Å². The van der Waals surface area contributed by atoms with Crippen LogP contribution in [-0.2, 0) is 14.8 Å². The minimum atomic E-state index is -3.75. The van der Waals surface area contributed by atoms with Crippen molar-refractivity contribution in [2.45, 2.75) is 18.0 Å². The Kier molecular flexibility index (Phi) is 4.53. The third-order valence-corrected chi connectivity index (χ3v) is 4.13. The lowest BCUT2D eigenvalue weighted by atomic mass is 10.3. The number of hydrogen-bond donors (Lipinski definition) is 0. The van der Waals surface area contributed by atoms with Gasteiger partial charge in [-0.25, -0.2) is 13.4 Å². The number of carbonyl (C=O) groups excluding carboxylic acids is 1. The van der Waals surface area contributed by atoms with Crippen LogP contribution in [0.3, 0.4) is 0 Å². The first-order chi connectivity index (χ1) is 8.04. The maximum Gasteiger partial charge on any atom is 0.261 e. The van der Waals surface area contributed by atoms with E-state index in [1.807, 2.05) is 0 Å². The molecule has 0 aliphatic rings. The van der Waals surface area contributed by atoms with Crippen LogP contribution in [0.1, 0.15) is 6.92 Å². The molecule has 0 N–H and O–H groups in total. The van der Waals surface area contributed by atoms with Gasteiger partial charge in [-0.15, -0.1) is 6.58 Å². The number of hydrogen-bond acceptors (Lipinski definition) is 4. The fourth-order valence-electron chi connectivity index (χ4n) is 1.29. The Hall–Kier alpha value is -1.53. The van der Waals surface area contributed by atoms with Crippen LogP contribution >= 0.6 is 0 Å². The van der Waals surface area contributed by atoms with E-state index < -0.39 is 16.1 Å². The van der Waals surface area contributed by atoms with E-state index in [2.05, 4.69) is 11.6 Å². The average Bonchev–Trinajstić information content (AvgIpc) is 2.36. The summed E-state index contributed by atoms with van der Waals surface area (Å²) in [5, 5.41) is -0.0736. The first kappa shape index (κ1) is 13.5. The van der Waals surface area contributed by atoms with Crippen LogP contribution in [0.2, 0.25) is 0 Å². The fraction of sp³-hybridized carbons (Fsp3) is 0.273. The zero-order chi connectivity index (χ0) is 12.9. The minimum absolute atomic E-state index is 0.0736. The Morgan fingerprint density at radius 2 is 2.24 bits per heavy atom. The summed E-state index contributed by atoms with van der Waals surface area (Å²) in [6.07, 6.45) is 3.40. The van der Waals surface area contributed by atoms with Gasteiger partial charge in [0, 0.05) is 12.2 Å². The number of pyridine rings is 1. The largest absolute Gasteiger partial charge is 0.302 e. The maximum atomic E-state index is 12.2. The Morgan fingerprint density at radius 1 is 1.53 bits per heavy atom. The van der Waals surface area contributed by atoms with Crippen molar-refractivity contribution in [3.05, 3.63) is 37.1 Å². The highest BCUT2D eigenvalue weighted by Crippen LogP contribution is 2.15. The molecular weight excluding hydrogens is 240 g/mol. The SMILES string of the molecule is C=C[C@@H](C)N(CC=O)S(=O)(=O)c1ccccn1. The van der Waals surface area contributed by atoms with E-state index in [0.29, 0.717) is 6.29 Å². The summed E-state index contributed by atoms with van der Waals surface area (Å²) in [7, 11) is -3.75. The summed E-state index contributed by atoms with van der Waals surface area (Å²) in [5.74, 6) is 0. The Labute approximate surface area is 101 Å². The van der Waals surface area contributed by atoms with Gasteiger partial charge < -0.3 is 4.79 Å². The highest BCUT2D eigenvalue weighted by molar-refractivity contribution is 7.89. The summed E-state index contributed by atoms with van der Waals surface area (Å²) in [6, 6.07) is 4.13. The number of nitrogens with zero attached hydrogens (tertiary/aromatic N) is 2. The van der Waals surface area contributed by atoms with E-state index in [-0.39, 0.29) is 11.6 Å². The first-order valence-electron chi connectivity index (χ1n) is 5.03. The van der Waals surface area contributed by atoms with Crippen molar-refractivity contribution < 1.29 is 13.2 Å². The molecule has 1 aromatic rings. The molecule has 0 aliphatic carbocycles. The number of rotatable bonds is 6. The van der Waals surface area contributed by atoms with Gasteiger partial charge in [0.2, 0.25) is 0 Å². The molecule has 5 nitrogen and oxygen atoms in total. The van der Waals surface area contributed by atoms with Crippen molar-refractivity contribution in [3.8, 4) is 0 Å². The van der Waals surface area contributed by atoms with Gasteiger partial charge in [-0.05, 0) is 19.1 Å². The molecule has 1 atom stereocenters. The van der Waals surface area contributed by atoms with Crippen molar-refractivity contribution in [1.82, 2.24) is 9.29 Å². The van der Waals surface area contributed by atoms with Gasteiger partial charge in [0.05, 0.1) is 6.54 Å². The van der Waals surface area contributed by atoms with Crippen molar-refractivity contribution in [1.29, 1.82) is 0 Å². The summed E-state index contributed by atoms with van der Waals surface area (Å²) in [4.78, 5) is 14.3. The minimum Gasteiger partial charge on any atom is -0.302 e. The smallest absolute Gasteiger partial charge is 0.261 e. The molecule has 1 rings (SSSR count). The molecule has 17 heavy (non-hydrogen) atoms. The lowest BCUT2D eigenvalue weighted by Gasteiger charge is -2.23. The van der Waals surface area contributed by atoms with Crippen molar-refractivity contribution in [2.24, 2.45) is 0 Å². The predicted molar refractivity (Wildman–Crippen MR) is 63.9 cm³/mol. The van der Waals surface area contributed by atoms with Crippen molar-refractivity contribution in [2.75, 3.05) is 6.54 Å². The highest BCUT2D eigenvalue weighted by Gasteiger charge is 2.28. The molecule has 0 amide bonds. The van der Waals surface area contributed by atoms with Gasteiger partial charge in [-0.2, -0.15) is 4.31 Å². The Balaban J connectivity index is 3.17. The second kappa shape index (κ2) is 5.70. The molecule has 0 saturated heterocycles. The second-order valence-corrected chi connectivity index (χ2v) is 5.22. The van der Waals surface area contributed by atoms with Crippen LogP contribution in [0.5, 0.6) is 0 Å². The maximum absolute atomic E-state index is 12.2. The van der Waals surface area contributed by atoms with E-state index in [1.165, 1.54) is 18.3 Å². The van der Waals surface area contributed by atoms with Crippen LogP contribution in [-0.4, -0.2) is 36.6 Å². The topological polar surface area (TPSA) is 67.3 Å². The van der Waals surface area contributed by atoms with Crippen LogP contribution < -0.4 is 0 Å². The van der Waals surface area contributed by atoms with Crippen LogP contribution in [0.25, 0.3) is 0 Å². The van der Waals surface area contributed by atoms with Gasteiger partial charge in [0.25, 0.3) is 10.0 Å². The molecule has 6 heteroatoms. The summed E-state index contributed by atoms with van der Waals surface area (Å²) < 4.78 is 25.4. The third kappa shape index (κ3) is 2.98. The number of aldehydes is 1. The van der Waals surface area contributed by atoms with Gasteiger partial charge in [-0.1, -0.05) is 12.1 Å². The number of carbonyl (C=O) groups is 1. The van der Waals surface area contributed by atoms with Gasteiger partial charge in [0.1, 0.15) is 6.29 Å². The van der Waals surface area contributed by atoms with E-state index >= 15 is 0 Å². The first-order valence-corrected chi connectivity index (χ1v) is 6.47. The lowest BCUT2D eigenvalue weighted by molar-refractivity contribution is -0.108. The van der Waals surface area contributed by atoms with Crippen LogP contribution in [0, 0.1) is 0 Å². The van der Waals surface area contributed by atoms with Crippen LogP contribution in [0.4, 0.5) is 0 Å². The molecule has 0 unspecified atom stereocenters. The average molecular weight is 254 g/mol.